The summed E-state index contributed by atoms with van der Waals surface area (Å²) in [5.41, 5.74) is 5.37. The molecule has 9 heavy (non-hydrogen) atoms. The molecule has 3 heteroatoms. The Morgan fingerprint density at radius 2 is 2.33 bits per heavy atom. The molecule has 0 aromatic rings. The minimum atomic E-state index is 0.211. The van der Waals surface area contributed by atoms with Crippen molar-refractivity contribution in [3.63, 3.8) is 0 Å². The molecule has 0 saturated carbocycles. The van der Waals surface area contributed by atoms with Crippen LogP contribution in [-0.4, -0.2) is 13.8 Å². The van der Waals surface area contributed by atoms with Gasteiger partial charge in [-0.1, -0.05) is 13.3 Å². The number of hydrogen-bond donors (Lipinski definition) is 2. The second-order valence-electron chi connectivity index (χ2n) is 1.76. The van der Waals surface area contributed by atoms with Gasteiger partial charge < -0.3 is 5.73 Å². The zero-order valence-electron chi connectivity index (χ0n) is 5.73. The van der Waals surface area contributed by atoms with Crippen LogP contribution in [0, 0.1) is 0 Å². The quantitative estimate of drug-likeness (QED) is 0.342. The molecule has 0 amide bonds. The van der Waals surface area contributed by atoms with Crippen molar-refractivity contribution in [3.05, 3.63) is 0 Å². The van der Waals surface area contributed by atoms with Gasteiger partial charge in [0.25, 0.3) is 0 Å². The van der Waals surface area contributed by atoms with Gasteiger partial charge in [0.2, 0.25) is 0 Å². The smallest absolute Gasteiger partial charge is 0.0288 e. The third-order valence-electron chi connectivity index (χ3n) is 0.904. The van der Waals surface area contributed by atoms with Crippen LogP contribution in [0.5, 0.6) is 0 Å². The molecule has 0 atom stereocenters. The number of halogens is 1. The van der Waals surface area contributed by atoms with Crippen LogP contribution < -0.4 is 5.73 Å². The van der Waals surface area contributed by atoms with Gasteiger partial charge in [-0.3, -0.25) is 0 Å². The second kappa shape index (κ2) is 7.02. The Balaban J connectivity index is 3.21. The van der Waals surface area contributed by atoms with E-state index in [0.717, 1.165) is 0 Å². The molecule has 0 aliphatic heterocycles. The summed E-state index contributed by atoms with van der Waals surface area (Å²) in [6.45, 7) is 2.89. The first-order chi connectivity index (χ1) is 4.31. The van der Waals surface area contributed by atoms with E-state index in [4.69, 9.17) is 5.73 Å². The van der Waals surface area contributed by atoms with Gasteiger partial charge in [-0.2, -0.15) is 0 Å². The fraction of sp³-hybridized carbons (Fsp3) is 0.833. The molecule has 0 fully saturated rings. The Kier molecular flexibility index (Phi) is 7.73. The molecular formula is C6H14INS. The van der Waals surface area contributed by atoms with Crippen LogP contribution in [0.2, 0.25) is 0 Å². The Morgan fingerprint density at radius 3 is 2.78 bits per heavy atom. The van der Waals surface area contributed by atoms with Crippen LogP contribution in [0.15, 0.2) is 0 Å². The SMILES string of the molecule is CCCCI=C(S)CN. The molecule has 56 valence electrons. The van der Waals surface area contributed by atoms with Gasteiger partial charge in [0.15, 0.2) is 0 Å². The predicted octanol–water partition coefficient (Wildman–Crippen LogP) is 1.78. The normalized spacial score (nSPS) is 13.0. The molecule has 0 bridgehead atoms. The number of rotatable bonds is 4. The first-order valence-electron chi connectivity index (χ1n) is 3.15. The number of unbranched alkanes of at least 4 members (excludes halogenated alkanes) is 1. The molecule has 0 heterocycles. The van der Waals surface area contributed by atoms with E-state index < -0.39 is 0 Å². The van der Waals surface area contributed by atoms with Gasteiger partial charge in [0, 0.05) is 9.39 Å². The van der Waals surface area contributed by atoms with Crippen LogP contribution in [0.4, 0.5) is 0 Å². The lowest BCUT2D eigenvalue weighted by atomic mass is 10.4. The van der Waals surface area contributed by atoms with Gasteiger partial charge in [0.05, 0.1) is 0 Å². The van der Waals surface area contributed by atoms with E-state index in [1.807, 2.05) is 0 Å². The largest absolute Gasteiger partial charge is 0.326 e. The maximum atomic E-state index is 5.37. The van der Waals surface area contributed by atoms with Crippen molar-refractivity contribution in [1.82, 2.24) is 0 Å². The summed E-state index contributed by atoms with van der Waals surface area (Å²) in [6.07, 6.45) is 2.64. The van der Waals surface area contributed by atoms with Crippen LogP contribution in [0.3, 0.4) is 0 Å². The lowest BCUT2D eigenvalue weighted by molar-refractivity contribution is 0.907. The first-order valence-corrected chi connectivity index (χ1v) is 6.20. The topological polar surface area (TPSA) is 26.0 Å². The third-order valence-corrected chi connectivity index (χ3v) is 4.51. The summed E-state index contributed by atoms with van der Waals surface area (Å²) in [7, 11) is 0. The van der Waals surface area contributed by atoms with E-state index in [1.165, 1.54) is 20.1 Å². The minimum absolute atomic E-state index is 0.211. The highest BCUT2D eigenvalue weighted by Crippen LogP contribution is 2.06. The second-order valence-corrected chi connectivity index (χ2v) is 6.29. The van der Waals surface area contributed by atoms with Crippen molar-refractivity contribution in [3.8, 4) is 0 Å². The fourth-order valence-electron chi connectivity index (χ4n) is 0.364. The summed E-state index contributed by atoms with van der Waals surface area (Å²) in [5.74, 6) is 0. The highest BCUT2D eigenvalue weighted by Gasteiger charge is 1.84. The lowest BCUT2D eigenvalue weighted by Gasteiger charge is -1.91. The van der Waals surface area contributed by atoms with E-state index in [0.29, 0.717) is 6.54 Å². The van der Waals surface area contributed by atoms with E-state index in [-0.39, 0.29) is 20.7 Å². The molecule has 0 unspecified atom stereocenters. The van der Waals surface area contributed by atoms with Crippen LogP contribution in [0.25, 0.3) is 0 Å². The molecule has 1 nitrogen and oxygen atoms in total. The molecule has 0 saturated heterocycles. The average molecular weight is 259 g/mol. The molecule has 0 aliphatic carbocycles. The van der Waals surface area contributed by atoms with Crippen LogP contribution >= 0.6 is 33.4 Å². The molecule has 2 N–H and O–H groups in total. The number of thiol groups is 1. The zero-order chi connectivity index (χ0) is 7.11. The van der Waals surface area contributed by atoms with Crippen LogP contribution in [-0.2, 0) is 0 Å². The van der Waals surface area contributed by atoms with Crippen molar-refractivity contribution < 1.29 is 0 Å². The minimum Gasteiger partial charge on any atom is -0.326 e. The van der Waals surface area contributed by atoms with E-state index in [1.54, 1.807) is 0 Å². The average Bonchev–Trinajstić information content (AvgIpc) is 1.89. The van der Waals surface area contributed by atoms with Crippen molar-refractivity contribution in [2.45, 2.75) is 19.8 Å². The van der Waals surface area contributed by atoms with Crippen molar-refractivity contribution >= 4 is 36.2 Å². The highest BCUT2D eigenvalue weighted by molar-refractivity contribution is 14.2. The maximum Gasteiger partial charge on any atom is 0.0288 e. The molecule has 0 spiro atoms. The Bertz CT molecular complexity index is 93.1. The summed E-state index contributed by atoms with van der Waals surface area (Å²) in [4.78, 5) is 0. The van der Waals surface area contributed by atoms with Gasteiger partial charge in [-0.05, 0) is 10.8 Å². The highest BCUT2D eigenvalue weighted by atomic mass is 127. The third kappa shape index (κ3) is 6.80. The van der Waals surface area contributed by atoms with Crippen molar-refractivity contribution in [1.29, 1.82) is 0 Å². The molecule has 0 aromatic carbocycles. The van der Waals surface area contributed by atoms with E-state index >= 15 is 0 Å². The number of nitrogens with two attached hydrogens (primary N) is 1. The van der Waals surface area contributed by atoms with E-state index in [2.05, 4.69) is 19.6 Å². The van der Waals surface area contributed by atoms with Gasteiger partial charge in [-0.15, -0.1) is 33.4 Å². The number of hydrogen-bond acceptors (Lipinski definition) is 2. The van der Waals surface area contributed by atoms with Gasteiger partial charge in [0.1, 0.15) is 0 Å². The zero-order valence-corrected chi connectivity index (χ0v) is 8.78. The fourth-order valence-corrected chi connectivity index (χ4v) is 3.01. The van der Waals surface area contributed by atoms with Gasteiger partial charge >= 0.3 is 0 Å². The molecule has 0 aromatic heterocycles. The monoisotopic (exact) mass is 259 g/mol. The Morgan fingerprint density at radius 1 is 1.67 bits per heavy atom. The maximum absolute atomic E-state index is 5.37. The molecular weight excluding hydrogens is 245 g/mol. The number of alkyl halides is 1. The Labute approximate surface area is 72.6 Å². The standard InChI is InChI=1S/C6H14INS/c1-2-3-4-7-6(9)5-8/h9H,2-5,8H2,1H3. The summed E-state index contributed by atoms with van der Waals surface area (Å²) >= 11 is 4.45. The first kappa shape index (κ1) is 9.91. The lowest BCUT2D eigenvalue weighted by Crippen LogP contribution is -2.04. The van der Waals surface area contributed by atoms with Crippen LogP contribution in [0.1, 0.15) is 19.8 Å². The molecule has 0 aliphatic rings. The summed E-state index contributed by atoms with van der Waals surface area (Å²) in [6, 6.07) is 0. The summed E-state index contributed by atoms with van der Waals surface area (Å²) in [5, 5.41) is 0. The molecule has 0 rings (SSSR count). The summed E-state index contributed by atoms with van der Waals surface area (Å²) < 4.78 is 2.59. The van der Waals surface area contributed by atoms with E-state index in [9.17, 15) is 0 Å². The van der Waals surface area contributed by atoms with Gasteiger partial charge in [-0.25, -0.2) is 0 Å². The van der Waals surface area contributed by atoms with Crippen molar-refractivity contribution in [2.75, 3.05) is 11.0 Å². The predicted molar refractivity (Wildman–Crippen MR) is 56.8 cm³/mol. The molecule has 0 radical (unpaired) electrons. The van der Waals surface area contributed by atoms with Crippen molar-refractivity contribution in [2.24, 2.45) is 5.73 Å². The Hall–Kier alpha value is 0.910.